The summed E-state index contributed by atoms with van der Waals surface area (Å²) in [4.78, 5) is 27.4. The molecule has 0 saturated heterocycles. The van der Waals surface area contributed by atoms with Gasteiger partial charge in [-0.3, -0.25) is 9.78 Å². The standard InChI is InChI=1S/C21H22N6O/c28-21(26-15-3-4-15)18-7-8-22-11-20(18)27-12-16(5-6-19(27)14-1-2-14)25-17-9-23-13-24-10-17/h5-11,13-15,25H,1-4,12H2,(H,26,28). The summed E-state index contributed by atoms with van der Waals surface area (Å²) in [5, 5.41) is 6.48. The first kappa shape index (κ1) is 16.9. The van der Waals surface area contributed by atoms with Crippen molar-refractivity contribution in [3.63, 3.8) is 0 Å². The van der Waals surface area contributed by atoms with E-state index in [-0.39, 0.29) is 5.91 Å². The van der Waals surface area contributed by atoms with Crippen molar-refractivity contribution in [2.45, 2.75) is 31.7 Å². The zero-order valence-corrected chi connectivity index (χ0v) is 15.5. The molecule has 0 spiro atoms. The van der Waals surface area contributed by atoms with Gasteiger partial charge >= 0.3 is 0 Å². The van der Waals surface area contributed by atoms with Crippen molar-refractivity contribution in [1.29, 1.82) is 0 Å². The van der Waals surface area contributed by atoms with Gasteiger partial charge in [-0.25, -0.2) is 9.97 Å². The number of allylic oxidation sites excluding steroid dienone is 3. The Kier molecular flexibility index (Phi) is 4.27. The molecule has 3 heterocycles. The SMILES string of the molecule is O=C(NC1CC1)c1ccncc1N1CC(Nc2cncnc2)=CC=C1C1CC1. The van der Waals surface area contributed by atoms with Crippen LogP contribution in [-0.4, -0.2) is 33.4 Å². The topological polar surface area (TPSA) is 83.0 Å². The molecule has 2 aromatic heterocycles. The average molecular weight is 374 g/mol. The Morgan fingerprint density at radius 1 is 1.04 bits per heavy atom. The van der Waals surface area contributed by atoms with Crippen LogP contribution in [0.4, 0.5) is 11.4 Å². The highest BCUT2D eigenvalue weighted by molar-refractivity contribution is 6.00. The van der Waals surface area contributed by atoms with Crippen LogP contribution < -0.4 is 15.5 Å². The smallest absolute Gasteiger partial charge is 0.253 e. The molecule has 2 N–H and O–H groups in total. The van der Waals surface area contributed by atoms with Gasteiger partial charge in [-0.2, -0.15) is 0 Å². The molecule has 2 saturated carbocycles. The molecule has 0 aromatic carbocycles. The van der Waals surface area contributed by atoms with Gasteiger partial charge in [0.1, 0.15) is 6.33 Å². The van der Waals surface area contributed by atoms with Gasteiger partial charge in [0.2, 0.25) is 0 Å². The number of hydrogen-bond acceptors (Lipinski definition) is 6. The monoisotopic (exact) mass is 374 g/mol. The lowest BCUT2D eigenvalue weighted by atomic mass is 10.1. The first-order valence-electron chi connectivity index (χ1n) is 9.73. The van der Waals surface area contributed by atoms with E-state index >= 15 is 0 Å². The number of nitrogens with zero attached hydrogens (tertiary/aromatic N) is 4. The third-order valence-corrected chi connectivity index (χ3v) is 5.20. The summed E-state index contributed by atoms with van der Waals surface area (Å²) in [6.07, 6.45) is 17.3. The van der Waals surface area contributed by atoms with Crippen LogP contribution in [0.5, 0.6) is 0 Å². The van der Waals surface area contributed by atoms with Crippen molar-refractivity contribution in [1.82, 2.24) is 20.3 Å². The third kappa shape index (κ3) is 3.60. The fraction of sp³-hybridized carbons (Fsp3) is 0.333. The summed E-state index contributed by atoms with van der Waals surface area (Å²) in [7, 11) is 0. The van der Waals surface area contributed by atoms with Gasteiger partial charge in [0.15, 0.2) is 0 Å². The second-order valence-electron chi connectivity index (χ2n) is 7.54. The van der Waals surface area contributed by atoms with Gasteiger partial charge < -0.3 is 15.5 Å². The average Bonchev–Trinajstić information content (AvgIpc) is 3.63. The lowest BCUT2D eigenvalue weighted by Crippen LogP contribution is -2.34. The quantitative estimate of drug-likeness (QED) is 0.809. The van der Waals surface area contributed by atoms with Crippen LogP contribution in [0.2, 0.25) is 0 Å². The molecule has 7 heteroatoms. The van der Waals surface area contributed by atoms with Gasteiger partial charge in [0, 0.05) is 23.6 Å². The van der Waals surface area contributed by atoms with Crippen LogP contribution in [0, 0.1) is 5.92 Å². The third-order valence-electron chi connectivity index (χ3n) is 5.20. The van der Waals surface area contributed by atoms with Crippen molar-refractivity contribution in [2.75, 3.05) is 16.8 Å². The van der Waals surface area contributed by atoms with Gasteiger partial charge in [-0.1, -0.05) is 0 Å². The maximum Gasteiger partial charge on any atom is 0.253 e. The highest BCUT2D eigenvalue weighted by Crippen LogP contribution is 2.42. The molecular weight excluding hydrogens is 352 g/mol. The molecule has 1 amide bonds. The number of nitrogens with one attached hydrogen (secondary N) is 2. The van der Waals surface area contributed by atoms with Crippen LogP contribution in [-0.2, 0) is 0 Å². The second kappa shape index (κ2) is 7.07. The Morgan fingerprint density at radius 3 is 2.61 bits per heavy atom. The summed E-state index contributed by atoms with van der Waals surface area (Å²) in [5.41, 5.74) is 4.66. The highest BCUT2D eigenvalue weighted by atomic mass is 16.1. The van der Waals surface area contributed by atoms with E-state index < -0.39 is 0 Å². The molecular formula is C21H22N6O. The van der Waals surface area contributed by atoms with E-state index in [1.807, 2.05) is 6.07 Å². The molecule has 0 radical (unpaired) electrons. The predicted molar refractivity (Wildman–Crippen MR) is 107 cm³/mol. The zero-order valence-electron chi connectivity index (χ0n) is 15.5. The number of anilines is 2. The van der Waals surface area contributed by atoms with Crippen LogP contribution in [0.15, 0.2) is 60.7 Å². The van der Waals surface area contributed by atoms with Crippen molar-refractivity contribution in [3.8, 4) is 0 Å². The fourth-order valence-electron chi connectivity index (χ4n) is 3.46. The van der Waals surface area contributed by atoms with Gasteiger partial charge in [-0.05, 0) is 49.8 Å². The molecule has 5 rings (SSSR count). The van der Waals surface area contributed by atoms with Gasteiger partial charge in [0.05, 0.1) is 42.1 Å². The fourth-order valence-corrected chi connectivity index (χ4v) is 3.46. The molecule has 28 heavy (non-hydrogen) atoms. The number of aromatic nitrogens is 3. The molecule has 0 atom stereocenters. The Balaban J connectivity index is 1.44. The zero-order chi connectivity index (χ0) is 18.9. The minimum absolute atomic E-state index is 0.0180. The molecule has 142 valence electrons. The van der Waals surface area contributed by atoms with E-state index in [1.54, 1.807) is 24.8 Å². The lowest BCUT2D eigenvalue weighted by molar-refractivity contribution is 0.0951. The normalized spacial score (nSPS) is 18.9. The molecule has 2 fully saturated rings. The first-order valence-corrected chi connectivity index (χ1v) is 9.73. The van der Waals surface area contributed by atoms with E-state index in [1.165, 1.54) is 24.9 Å². The summed E-state index contributed by atoms with van der Waals surface area (Å²) >= 11 is 0. The van der Waals surface area contributed by atoms with Crippen LogP contribution in [0.25, 0.3) is 0 Å². The van der Waals surface area contributed by atoms with Crippen molar-refractivity contribution in [3.05, 3.63) is 66.3 Å². The van der Waals surface area contributed by atoms with Crippen LogP contribution in [0.1, 0.15) is 36.0 Å². The molecule has 7 nitrogen and oxygen atoms in total. The van der Waals surface area contributed by atoms with E-state index in [2.05, 4.69) is 42.6 Å². The van der Waals surface area contributed by atoms with Gasteiger partial charge in [0.25, 0.3) is 5.91 Å². The van der Waals surface area contributed by atoms with Crippen LogP contribution in [0.3, 0.4) is 0 Å². The summed E-state index contributed by atoms with van der Waals surface area (Å²) in [6.45, 7) is 0.645. The summed E-state index contributed by atoms with van der Waals surface area (Å²) < 4.78 is 0. The number of carbonyl (C=O) groups is 1. The Hall–Kier alpha value is -3.22. The number of carbonyl (C=O) groups excluding carboxylic acids is 1. The Labute approximate surface area is 163 Å². The maximum absolute atomic E-state index is 12.8. The largest absolute Gasteiger partial charge is 0.355 e. The lowest BCUT2D eigenvalue weighted by Gasteiger charge is -2.32. The van der Waals surface area contributed by atoms with Crippen molar-refractivity contribution >= 4 is 17.3 Å². The molecule has 3 aliphatic rings. The van der Waals surface area contributed by atoms with Crippen LogP contribution >= 0.6 is 0 Å². The molecule has 0 bridgehead atoms. The molecule has 2 aliphatic carbocycles. The predicted octanol–water partition coefficient (Wildman–Crippen LogP) is 2.87. The number of rotatable bonds is 6. The number of pyridine rings is 1. The number of amides is 1. The Bertz CT molecular complexity index is 946. The second-order valence-corrected chi connectivity index (χ2v) is 7.54. The van der Waals surface area contributed by atoms with E-state index in [0.29, 0.717) is 24.1 Å². The first-order chi connectivity index (χ1) is 13.8. The molecule has 2 aromatic rings. The van der Waals surface area contributed by atoms with Crippen molar-refractivity contribution < 1.29 is 4.79 Å². The molecule has 0 unspecified atom stereocenters. The van der Waals surface area contributed by atoms with E-state index in [9.17, 15) is 4.79 Å². The maximum atomic E-state index is 12.8. The van der Waals surface area contributed by atoms with Crippen molar-refractivity contribution in [2.24, 2.45) is 5.92 Å². The minimum Gasteiger partial charge on any atom is -0.355 e. The number of hydrogen-bond donors (Lipinski definition) is 2. The highest BCUT2D eigenvalue weighted by Gasteiger charge is 2.34. The Morgan fingerprint density at radius 2 is 1.86 bits per heavy atom. The van der Waals surface area contributed by atoms with E-state index in [0.717, 1.165) is 29.9 Å². The summed E-state index contributed by atoms with van der Waals surface area (Å²) in [5.74, 6) is 0.535. The van der Waals surface area contributed by atoms with E-state index in [4.69, 9.17) is 0 Å². The minimum atomic E-state index is -0.0180. The summed E-state index contributed by atoms with van der Waals surface area (Å²) in [6, 6.07) is 2.14. The van der Waals surface area contributed by atoms with Gasteiger partial charge in [-0.15, -0.1) is 0 Å². The molecule has 1 aliphatic heterocycles.